The molecule has 0 aromatic heterocycles. The highest BCUT2D eigenvalue weighted by Crippen LogP contribution is 2.12. The van der Waals surface area contributed by atoms with Gasteiger partial charge in [-0.25, -0.2) is 8.78 Å². The van der Waals surface area contributed by atoms with Gasteiger partial charge in [0.05, 0.1) is 13.5 Å². The molecule has 110 valence electrons. The number of rotatable bonds is 5. The van der Waals surface area contributed by atoms with Crippen LogP contribution >= 0.6 is 0 Å². The lowest BCUT2D eigenvalue weighted by molar-refractivity contribution is -0.120. The monoisotopic (exact) mass is 291 g/mol. The van der Waals surface area contributed by atoms with Gasteiger partial charge >= 0.3 is 0 Å². The molecule has 1 N–H and O–H groups in total. The van der Waals surface area contributed by atoms with Crippen LogP contribution in [0.15, 0.2) is 42.5 Å². The van der Waals surface area contributed by atoms with Crippen LogP contribution < -0.4 is 10.1 Å². The second-order valence-corrected chi connectivity index (χ2v) is 4.54. The summed E-state index contributed by atoms with van der Waals surface area (Å²) >= 11 is 0. The summed E-state index contributed by atoms with van der Waals surface area (Å²) in [6.07, 6.45) is 0.168. The third-order valence-corrected chi connectivity index (χ3v) is 3.01. The molecule has 0 heterocycles. The molecular weight excluding hydrogens is 276 g/mol. The summed E-state index contributed by atoms with van der Waals surface area (Å²) < 4.78 is 31.4. The molecular formula is C16H15F2NO2. The molecule has 2 aromatic carbocycles. The van der Waals surface area contributed by atoms with E-state index in [0.717, 1.165) is 23.8 Å². The Morgan fingerprint density at radius 3 is 2.52 bits per heavy atom. The van der Waals surface area contributed by atoms with Crippen LogP contribution in [0, 0.1) is 11.6 Å². The van der Waals surface area contributed by atoms with Gasteiger partial charge in [-0.15, -0.1) is 0 Å². The first-order valence-electron chi connectivity index (χ1n) is 6.42. The summed E-state index contributed by atoms with van der Waals surface area (Å²) in [4.78, 5) is 11.8. The van der Waals surface area contributed by atoms with Crippen molar-refractivity contribution in [2.24, 2.45) is 0 Å². The third-order valence-electron chi connectivity index (χ3n) is 3.01. The predicted molar refractivity (Wildman–Crippen MR) is 74.9 cm³/mol. The van der Waals surface area contributed by atoms with Gasteiger partial charge in [0.2, 0.25) is 5.91 Å². The van der Waals surface area contributed by atoms with E-state index < -0.39 is 11.6 Å². The summed E-state index contributed by atoms with van der Waals surface area (Å²) in [5.74, 6) is -0.623. The van der Waals surface area contributed by atoms with Gasteiger partial charge in [-0.3, -0.25) is 4.79 Å². The number of nitrogens with one attached hydrogen (secondary N) is 1. The minimum absolute atomic E-state index is 0.0431. The summed E-state index contributed by atoms with van der Waals surface area (Å²) in [7, 11) is 1.56. The molecule has 0 aliphatic heterocycles. The highest BCUT2D eigenvalue weighted by Gasteiger charge is 2.07. The van der Waals surface area contributed by atoms with Crippen molar-refractivity contribution in [3.05, 3.63) is 65.2 Å². The van der Waals surface area contributed by atoms with Crippen molar-refractivity contribution in [3.8, 4) is 5.75 Å². The quantitative estimate of drug-likeness (QED) is 0.920. The van der Waals surface area contributed by atoms with Gasteiger partial charge in [0.25, 0.3) is 0 Å². The van der Waals surface area contributed by atoms with Gasteiger partial charge in [0.1, 0.15) is 17.4 Å². The first kappa shape index (κ1) is 15.0. The molecule has 3 nitrogen and oxygen atoms in total. The number of halogens is 2. The molecule has 1 amide bonds. The van der Waals surface area contributed by atoms with Gasteiger partial charge < -0.3 is 10.1 Å². The number of hydrogen-bond acceptors (Lipinski definition) is 2. The molecule has 0 aliphatic carbocycles. The highest BCUT2D eigenvalue weighted by atomic mass is 19.1. The lowest BCUT2D eigenvalue weighted by atomic mass is 10.1. The van der Waals surface area contributed by atoms with Crippen molar-refractivity contribution < 1.29 is 18.3 Å². The molecule has 0 aliphatic rings. The van der Waals surface area contributed by atoms with Crippen LogP contribution in [-0.2, 0) is 17.8 Å². The van der Waals surface area contributed by atoms with Crippen molar-refractivity contribution in [1.82, 2.24) is 5.32 Å². The average Bonchev–Trinajstić information content (AvgIpc) is 2.49. The van der Waals surface area contributed by atoms with Gasteiger partial charge in [-0.2, -0.15) is 0 Å². The van der Waals surface area contributed by atoms with Crippen LogP contribution in [0.2, 0.25) is 0 Å². The van der Waals surface area contributed by atoms with E-state index in [1.165, 1.54) is 0 Å². The molecule has 21 heavy (non-hydrogen) atoms. The fourth-order valence-corrected chi connectivity index (χ4v) is 1.86. The lowest BCUT2D eigenvalue weighted by Gasteiger charge is -2.07. The Labute approximate surface area is 121 Å². The van der Waals surface area contributed by atoms with Crippen molar-refractivity contribution >= 4 is 5.91 Å². The Morgan fingerprint density at radius 1 is 1.14 bits per heavy atom. The third kappa shape index (κ3) is 4.27. The zero-order valence-electron chi connectivity index (χ0n) is 11.5. The number of ether oxygens (including phenoxy) is 1. The second kappa shape index (κ2) is 6.83. The molecule has 2 aromatic rings. The zero-order valence-corrected chi connectivity index (χ0v) is 11.5. The fourth-order valence-electron chi connectivity index (χ4n) is 1.86. The first-order chi connectivity index (χ1) is 10.1. The maximum absolute atomic E-state index is 13.4. The molecule has 0 bridgehead atoms. The van der Waals surface area contributed by atoms with Crippen molar-refractivity contribution in [2.75, 3.05) is 7.11 Å². The van der Waals surface area contributed by atoms with Crippen molar-refractivity contribution in [1.29, 1.82) is 0 Å². The van der Waals surface area contributed by atoms with E-state index in [9.17, 15) is 13.6 Å². The van der Waals surface area contributed by atoms with Gasteiger partial charge in [-0.1, -0.05) is 12.1 Å². The van der Waals surface area contributed by atoms with E-state index in [4.69, 9.17) is 4.74 Å². The smallest absolute Gasteiger partial charge is 0.224 e. The minimum Gasteiger partial charge on any atom is -0.497 e. The van der Waals surface area contributed by atoms with E-state index in [1.807, 2.05) is 0 Å². The maximum Gasteiger partial charge on any atom is 0.224 e. The number of amides is 1. The van der Waals surface area contributed by atoms with Crippen molar-refractivity contribution in [3.63, 3.8) is 0 Å². The number of carbonyl (C=O) groups excluding carboxylic acids is 1. The topological polar surface area (TPSA) is 38.3 Å². The number of carbonyl (C=O) groups is 1. The van der Waals surface area contributed by atoms with Crippen LogP contribution in [0.4, 0.5) is 8.78 Å². The fraction of sp³-hybridized carbons (Fsp3) is 0.188. The summed E-state index contributed by atoms with van der Waals surface area (Å²) in [6, 6.07) is 10.2. The Balaban J connectivity index is 1.91. The SMILES string of the molecule is COc1ccc(CC(=O)NCc2cc(F)ccc2F)cc1. The Morgan fingerprint density at radius 2 is 1.86 bits per heavy atom. The van der Waals surface area contributed by atoms with Crippen molar-refractivity contribution in [2.45, 2.75) is 13.0 Å². The Bertz CT molecular complexity index is 627. The maximum atomic E-state index is 13.4. The molecule has 0 atom stereocenters. The van der Waals surface area contributed by atoms with E-state index in [2.05, 4.69) is 5.32 Å². The molecule has 0 saturated carbocycles. The highest BCUT2D eigenvalue weighted by molar-refractivity contribution is 5.78. The first-order valence-corrected chi connectivity index (χ1v) is 6.42. The standard InChI is InChI=1S/C16H15F2NO2/c1-21-14-5-2-11(3-6-14)8-16(20)19-10-12-9-13(17)4-7-15(12)18/h2-7,9H,8,10H2,1H3,(H,19,20). The predicted octanol–water partition coefficient (Wildman–Crippen LogP) is 2.83. The van der Waals surface area contributed by atoms with E-state index >= 15 is 0 Å². The molecule has 0 unspecified atom stereocenters. The summed E-state index contributed by atoms with van der Waals surface area (Å²) in [5.41, 5.74) is 0.936. The zero-order chi connectivity index (χ0) is 15.2. The van der Waals surface area contributed by atoms with E-state index in [-0.39, 0.29) is 24.4 Å². The van der Waals surface area contributed by atoms with Crippen LogP contribution in [0.5, 0.6) is 5.75 Å². The average molecular weight is 291 g/mol. The molecule has 0 saturated heterocycles. The molecule has 2 rings (SSSR count). The van der Waals surface area contributed by atoms with Crippen LogP contribution in [-0.4, -0.2) is 13.0 Å². The van der Waals surface area contributed by atoms with Gasteiger partial charge in [0, 0.05) is 12.1 Å². The van der Waals surface area contributed by atoms with Gasteiger partial charge in [-0.05, 0) is 35.9 Å². The van der Waals surface area contributed by atoms with Gasteiger partial charge in [0.15, 0.2) is 0 Å². The minimum atomic E-state index is -0.541. The van der Waals surface area contributed by atoms with Crippen LogP contribution in [0.25, 0.3) is 0 Å². The molecule has 5 heteroatoms. The molecule has 0 fully saturated rings. The molecule has 0 radical (unpaired) electrons. The normalized spacial score (nSPS) is 10.2. The van der Waals surface area contributed by atoms with E-state index in [0.29, 0.717) is 5.75 Å². The summed E-state index contributed by atoms with van der Waals surface area (Å²) in [5, 5.41) is 2.57. The lowest BCUT2D eigenvalue weighted by Crippen LogP contribution is -2.25. The van der Waals surface area contributed by atoms with E-state index in [1.54, 1.807) is 31.4 Å². The molecule has 0 spiro atoms. The number of hydrogen-bond donors (Lipinski definition) is 1. The summed E-state index contributed by atoms with van der Waals surface area (Å²) in [6.45, 7) is -0.0431. The van der Waals surface area contributed by atoms with Crippen LogP contribution in [0.3, 0.4) is 0 Å². The van der Waals surface area contributed by atoms with Crippen LogP contribution in [0.1, 0.15) is 11.1 Å². The number of methoxy groups -OCH3 is 1. The Hall–Kier alpha value is -2.43. The second-order valence-electron chi connectivity index (χ2n) is 4.54. The Kier molecular flexibility index (Phi) is 4.87. The number of benzene rings is 2. The largest absolute Gasteiger partial charge is 0.497 e.